The first-order chi connectivity index (χ1) is 7.63. The van der Waals surface area contributed by atoms with E-state index in [1.54, 1.807) is 11.9 Å². The number of amides is 1. The second-order valence-electron chi connectivity index (χ2n) is 3.98. The van der Waals surface area contributed by atoms with Crippen molar-refractivity contribution in [2.45, 2.75) is 31.8 Å². The van der Waals surface area contributed by atoms with E-state index in [0.29, 0.717) is 13.0 Å². The molecule has 5 heteroatoms. The van der Waals surface area contributed by atoms with Gasteiger partial charge < -0.3 is 14.4 Å². The minimum Gasteiger partial charge on any atom is -0.469 e. The van der Waals surface area contributed by atoms with Crippen LogP contribution in [0.4, 0.5) is 0 Å². The molecule has 0 saturated carbocycles. The normalized spacial score (nSPS) is 19.5. The van der Waals surface area contributed by atoms with Crippen LogP contribution in [0.25, 0.3) is 0 Å². The Hall–Kier alpha value is -1.10. The molecule has 0 radical (unpaired) electrons. The molecule has 0 bridgehead atoms. The van der Waals surface area contributed by atoms with E-state index in [1.165, 1.54) is 7.11 Å². The second kappa shape index (κ2) is 6.48. The first kappa shape index (κ1) is 13.0. The van der Waals surface area contributed by atoms with Crippen molar-refractivity contribution >= 4 is 11.9 Å². The molecular formula is C11H19NO4. The maximum atomic E-state index is 11.7. The zero-order chi connectivity index (χ0) is 12.0. The average Bonchev–Trinajstić information content (AvgIpc) is 2.77. The fraction of sp³-hybridized carbons (Fsp3) is 0.818. The Labute approximate surface area is 95.7 Å². The lowest BCUT2D eigenvalue weighted by Gasteiger charge is -2.18. The average molecular weight is 229 g/mol. The number of hydrogen-bond acceptors (Lipinski definition) is 4. The number of methoxy groups -OCH3 is 1. The van der Waals surface area contributed by atoms with Gasteiger partial charge in [-0.05, 0) is 12.8 Å². The molecule has 1 aliphatic heterocycles. The highest BCUT2D eigenvalue weighted by molar-refractivity contribution is 5.77. The highest BCUT2D eigenvalue weighted by atomic mass is 16.5. The molecule has 0 aromatic carbocycles. The first-order valence-electron chi connectivity index (χ1n) is 5.56. The lowest BCUT2D eigenvalue weighted by Crippen LogP contribution is -2.31. The van der Waals surface area contributed by atoms with Gasteiger partial charge in [0.15, 0.2) is 0 Å². The Balaban J connectivity index is 2.21. The quantitative estimate of drug-likeness (QED) is 0.647. The number of hydrogen-bond donors (Lipinski definition) is 0. The van der Waals surface area contributed by atoms with Crippen LogP contribution >= 0.6 is 0 Å². The van der Waals surface area contributed by atoms with Gasteiger partial charge >= 0.3 is 5.97 Å². The summed E-state index contributed by atoms with van der Waals surface area (Å²) in [5.74, 6) is -0.271. The summed E-state index contributed by atoms with van der Waals surface area (Å²) in [6.45, 7) is 1.15. The molecule has 1 aliphatic rings. The topological polar surface area (TPSA) is 55.8 Å². The SMILES string of the molecule is COC(=O)CCN(C)C(=O)CC1CCCO1. The molecule has 1 atom stereocenters. The molecule has 1 rings (SSSR count). The van der Waals surface area contributed by atoms with Crippen LogP contribution < -0.4 is 0 Å². The predicted octanol–water partition coefficient (Wildman–Crippen LogP) is 0.577. The number of nitrogens with zero attached hydrogens (tertiary/aromatic N) is 1. The van der Waals surface area contributed by atoms with Gasteiger partial charge in [-0.3, -0.25) is 9.59 Å². The number of rotatable bonds is 5. The van der Waals surface area contributed by atoms with E-state index in [4.69, 9.17) is 4.74 Å². The summed E-state index contributed by atoms with van der Waals surface area (Å²) in [5.41, 5.74) is 0. The zero-order valence-electron chi connectivity index (χ0n) is 9.90. The molecule has 0 N–H and O–H groups in total. The molecule has 0 aliphatic carbocycles. The highest BCUT2D eigenvalue weighted by Crippen LogP contribution is 2.16. The van der Waals surface area contributed by atoms with E-state index in [-0.39, 0.29) is 24.4 Å². The molecule has 1 unspecified atom stereocenters. The Kier molecular flexibility index (Phi) is 5.25. The standard InChI is InChI=1S/C11H19NO4/c1-12(6-5-11(14)15-2)10(13)8-9-4-3-7-16-9/h9H,3-8H2,1-2H3. The molecule has 0 aromatic rings. The molecule has 16 heavy (non-hydrogen) atoms. The van der Waals surface area contributed by atoms with Crippen molar-refractivity contribution in [3.05, 3.63) is 0 Å². The van der Waals surface area contributed by atoms with Crippen LogP contribution in [0.3, 0.4) is 0 Å². The van der Waals surface area contributed by atoms with Crippen molar-refractivity contribution in [2.75, 3.05) is 27.3 Å². The third-order valence-corrected chi connectivity index (χ3v) is 2.73. The van der Waals surface area contributed by atoms with Gasteiger partial charge in [-0.2, -0.15) is 0 Å². The molecular weight excluding hydrogens is 210 g/mol. The third-order valence-electron chi connectivity index (χ3n) is 2.73. The monoisotopic (exact) mass is 229 g/mol. The van der Waals surface area contributed by atoms with Crippen LogP contribution in [0.5, 0.6) is 0 Å². The molecule has 0 spiro atoms. The number of esters is 1. The summed E-state index contributed by atoms with van der Waals surface area (Å²) in [5, 5.41) is 0. The summed E-state index contributed by atoms with van der Waals surface area (Å²) in [6.07, 6.45) is 2.70. The van der Waals surface area contributed by atoms with Crippen LogP contribution in [-0.4, -0.2) is 50.2 Å². The van der Waals surface area contributed by atoms with E-state index < -0.39 is 0 Å². The molecule has 0 aromatic heterocycles. The number of carbonyl (C=O) groups excluding carboxylic acids is 2. The number of ether oxygens (including phenoxy) is 2. The smallest absolute Gasteiger partial charge is 0.307 e. The summed E-state index contributed by atoms with van der Waals surface area (Å²) in [6, 6.07) is 0. The lowest BCUT2D eigenvalue weighted by molar-refractivity contribution is -0.141. The van der Waals surface area contributed by atoms with Crippen molar-refractivity contribution in [2.24, 2.45) is 0 Å². The fourth-order valence-corrected chi connectivity index (χ4v) is 1.64. The maximum Gasteiger partial charge on any atom is 0.307 e. The molecule has 1 saturated heterocycles. The van der Waals surface area contributed by atoms with Crippen molar-refractivity contribution in [1.82, 2.24) is 4.90 Å². The van der Waals surface area contributed by atoms with Gasteiger partial charge in [-0.15, -0.1) is 0 Å². The molecule has 1 fully saturated rings. The van der Waals surface area contributed by atoms with Gasteiger partial charge in [0.25, 0.3) is 0 Å². The number of carbonyl (C=O) groups is 2. The Bertz CT molecular complexity index is 248. The second-order valence-corrected chi connectivity index (χ2v) is 3.98. The van der Waals surface area contributed by atoms with Gasteiger partial charge in [0, 0.05) is 20.2 Å². The zero-order valence-corrected chi connectivity index (χ0v) is 9.90. The summed E-state index contributed by atoms with van der Waals surface area (Å²) < 4.78 is 9.89. The van der Waals surface area contributed by atoms with Gasteiger partial charge in [0.05, 0.1) is 26.1 Å². The van der Waals surface area contributed by atoms with Crippen molar-refractivity contribution in [1.29, 1.82) is 0 Å². The molecule has 92 valence electrons. The Morgan fingerprint density at radius 2 is 2.25 bits per heavy atom. The van der Waals surface area contributed by atoms with Gasteiger partial charge in [0.1, 0.15) is 0 Å². The van der Waals surface area contributed by atoms with Gasteiger partial charge in [-0.1, -0.05) is 0 Å². The minimum atomic E-state index is -0.295. The largest absolute Gasteiger partial charge is 0.469 e. The molecule has 1 heterocycles. The van der Waals surface area contributed by atoms with Crippen molar-refractivity contribution in [3.8, 4) is 0 Å². The van der Waals surface area contributed by atoms with Crippen LogP contribution in [0, 0.1) is 0 Å². The van der Waals surface area contributed by atoms with Crippen LogP contribution in [-0.2, 0) is 19.1 Å². The van der Waals surface area contributed by atoms with E-state index in [1.807, 2.05) is 0 Å². The van der Waals surface area contributed by atoms with E-state index in [2.05, 4.69) is 4.74 Å². The summed E-state index contributed by atoms with van der Waals surface area (Å²) in [7, 11) is 3.04. The fourth-order valence-electron chi connectivity index (χ4n) is 1.64. The Morgan fingerprint density at radius 3 is 2.81 bits per heavy atom. The molecule has 5 nitrogen and oxygen atoms in total. The van der Waals surface area contributed by atoms with Crippen LogP contribution in [0.15, 0.2) is 0 Å². The first-order valence-corrected chi connectivity index (χ1v) is 5.56. The van der Waals surface area contributed by atoms with E-state index in [0.717, 1.165) is 19.4 Å². The highest BCUT2D eigenvalue weighted by Gasteiger charge is 2.21. The summed E-state index contributed by atoms with van der Waals surface area (Å²) >= 11 is 0. The van der Waals surface area contributed by atoms with E-state index in [9.17, 15) is 9.59 Å². The van der Waals surface area contributed by atoms with Crippen LogP contribution in [0.2, 0.25) is 0 Å². The lowest BCUT2D eigenvalue weighted by atomic mass is 10.1. The van der Waals surface area contributed by atoms with Gasteiger partial charge in [-0.25, -0.2) is 0 Å². The van der Waals surface area contributed by atoms with Gasteiger partial charge in [0.2, 0.25) is 5.91 Å². The van der Waals surface area contributed by atoms with E-state index >= 15 is 0 Å². The molecule has 1 amide bonds. The predicted molar refractivity (Wildman–Crippen MR) is 57.9 cm³/mol. The van der Waals surface area contributed by atoms with Crippen molar-refractivity contribution in [3.63, 3.8) is 0 Å². The Morgan fingerprint density at radius 1 is 1.50 bits per heavy atom. The maximum absolute atomic E-state index is 11.7. The minimum absolute atomic E-state index is 0.0239. The third kappa shape index (κ3) is 4.18. The van der Waals surface area contributed by atoms with Crippen molar-refractivity contribution < 1.29 is 19.1 Å². The van der Waals surface area contributed by atoms with Crippen LogP contribution in [0.1, 0.15) is 25.7 Å². The summed E-state index contributed by atoms with van der Waals surface area (Å²) in [4.78, 5) is 24.1.